The number of carbonyl (C=O) groups is 3. The van der Waals surface area contributed by atoms with Crippen molar-refractivity contribution in [1.82, 2.24) is 5.06 Å². The van der Waals surface area contributed by atoms with Gasteiger partial charge in [0, 0.05) is 0 Å². The second-order valence-corrected chi connectivity index (χ2v) is 4.93. The zero-order valence-corrected chi connectivity index (χ0v) is 11.9. The number of hydroxylamine groups is 2. The summed E-state index contributed by atoms with van der Waals surface area (Å²) in [5, 5.41) is -0.661. The maximum Gasteiger partial charge on any atom is 0.366 e. The lowest BCUT2D eigenvalue weighted by atomic mass is 10.1. The molecule has 2 amide bonds. The Morgan fingerprint density at radius 1 is 1.00 bits per heavy atom. The number of nitrogens with zero attached hydrogens (tertiary/aromatic N) is 1. The minimum atomic E-state index is -1.35. The van der Waals surface area contributed by atoms with Gasteiger partial charge < -0.3 is 4.84 Å². The summed E-state index contributed by atoms with van der Waals surface area (Å²) < 4.78 is 26.9. The summed E-state index contributed by atoms with van der Waals surface area (Å²) in [5.74, 6) is -5.45. The van der Waals surface area contributed by atoms with Crippen molar-refractivity contribution in [1.29, 1.82) is 0 Å². The highest BCUT2D eigenvalue weighted by atomic mass is 35.5. The van der Waals surface area contributed by atoms with Crippen LogP contribution in [0.4, 0.5) is 8.78 Å². The number of hydrogen-bond acceptors (Lipinski definition) is 4. The van der Waals surface area contributed by atoms with E-state index in [1.54, 1.807) is 0 Å². The minimum absolute atomic E-state index is 0.0583. The topological polar surface area (TPSA) is 63.7 Å². The molecule has 0 aromatic heterocycles. The predicted octanol–water partition coefficient (Wildman–Crippen LogP) is 2.99. The van der Waals surface area contributed by atoms with Crippen LogP contribution in [0.15, 0.2) is 36.4 Å². The predicted molar refractivity (Wildman–Crippen MR) is 73.7 cm³/mol. The molecule has 0 N–H and O–H groups in total. The van der Waals surface area contributed by atoms with Gasteiger partial charge >= 0.3 is 5.97 Å². The molecule has 2 aromatic rings. The van der Waals surface area contributed by atoms with Gasteiger partial charge in [0.1, 0.15) is 10.8 Å². The third kappa shape index (κ3) is 2.35. The molecule has 8 heteroatoms. The summed E-state index contributed by atoms with van der Waals surface area (Å²) in [5.41, 5.74) is -0.584. The standard InChI is InChI=1S/C15H6ClF2NO4/c16-11-10(17)6-5-9(12(11)18)15(22)23-19-13(20)7-3-1-2-4-8(7)14(19)21/h1-6H. The molecule has 0 fully saturated rings. The van der Waals surface area contributed by atoms with Gasteiger partial charge in [0.15, 0.2) is 5.82 Å². The van der Waals surface area contributed by atoms with Gasteiger partial charge in [-0.3, -0.25) is 9.59 Å². The zero-order chi connectivity index (χ0) is 16.7. The van der Waals surface area contributed by atoms with Crippen LogP contribution in [0.25, 0.3) is 0 Å². The summed E-state index contributed by atoms with van der Waals surface area (Å²) in [6.07, 6.45) is 0. The van der Waals surface area contributed by atoms with E-state index in [4.69, 9.17) is 11.6 Å². The van der Waals surface area contributed by atoms with Crippen LogP contribution in [0.2, 0.25) is 5.02 Å². The highest BCUT2D eigenvalue weighted by Gasteiger charge is 2.39. The lowest BCUT2D eigenvalue weighted by molar-refractivity contribution is -0.0587. The Morgan fingerprint density at radius 3 is 2.13 bits per heavy atom. The van der Waals surface area contributed by atoms with Crippen molar-refractivity contribution in [3.63, 3.8) is 0 Å². The number of halogens is 3. The van der Waals surface area contributed by atoms with Crippen LogP contribution in [0.1, 0.15) is 31.1 Å². The lowest BCUT2D eigenvalue weighted by Gasteiger charge is -2.13. The van der Waals surface area contributed by atoms with Crippen LogP contribution in [0.3, 0.4) is 0 Å². The van der Waals surface area contributed by atoms with Gasteiger partial charge in [-0.05, 0) is 24.3 Å². The average molecular weight is 338 g/mol. The molecule has 0 aliphatic carbocycles. The van der Waals surface area contributed by atoms with Gasteiger partial charge in [0.25, 0.3) is 11.8 Å². The van der Waals surface area contributed by atoms with Gasteiger partial charge in [-0.15, -0.1) is 0 Å². The maximum atomic E-state index is 13.8. The van der Waals surface area contributed by atoms with E-state index in [1.807, 2.05) is 0 Å². The molecular weight excluding hydrogens is 332 g/mol. The van der Waals surface area contributed by atoms with E-state index in [2.05, 4.69) is 4.84 Å². The Balaban J connectivity index is 1.89. The highest BCUT2D eigenvalue weighted by molar-refractivity contribution is 6.31. The zero-order valence-electron chi connectivity index (χ0n) is 11.2. The molecule has 0 atom stereocenters. The number of fused-ring (bicyclic) bond motifs is 1. The van der Waals surface area contributed by atoms with Gasteiger partial charge in [-0.2, -0.15) is 0 Å². The number of amides is 2. The largest absolute Gasteiger partial charge is 0.366 e. The van der Waals surface area contributed by atoms with Crippen LogP contribution in [-0.2, 0) is 4.84 Å². The Kier molecular flexibility index (Phi) is 3.57. The van der Waals surface area contributed by atoms with Gasteiger partial charge in [0.05, 0.1) is 16.7 Å². The van der Waals surface area contributed by atoms with Crippen molar-refractivity contribution in [2.45, 2.75) is 0 Å². The van der Waals surface area contributed by atoms with Crippen LogP contribution < -0.4 is 0 Å². The molecule has 0 saturated heterocycles. The minimum Gasteiger partial charge on any atom is -0.324 e. The number of rotatable bonds is 2. The van der Waals surface area contributed by atoms with E-state index in [0.717, 1.165) is 12.1 Å². The quantitative estimate of drug-likeness (QED) is 0.624. The molecule has 0 saturated carbocycles. The molecule has 2 aromatic carbocycles. The molecular formula is C15H6ClF2NO4. The molecule has 0 unspecified atom stereocenters. The molecule has 1 aliphatic rings. The molecule has 3 rings (SSSR count). The van der Waals surface area contributed by atoms with Crippen LogP contribution in [0, 0.1) is 11.6 Å². The summed E-state index contributed by atoms with van der Waals surface area (Å²) in [7, 11) is 0. The van der Waals surface area contributed by atoms with E-state index in [1.165, 1.54) is 24.3 Å². The van der Waals surface area contributed by atoms with E-state index in [-0.39, 0.29) is 16.2 Å². The Hall–Kier alpha value is -2.80. The molecule has 116 valence electrons. The fourth-order valence-corrected chi connectivity index (χ4v) is 2.23. The first-order valence-electron chi connectivity index (χ1n) is 6.25. The van der Waals surface area contributed by atoms with Crippen molar-refractivity contribution in [3.05, 3.63) is 69.7 Å². The van der Waals surface area contributed by atoms with Crippen molar-refractivity contribution >= 4 is 29.4 Å². The molecule has 1 aliphatic heterocycles. The SMILES string of the molecule is O=C(ON1C(=O)c2ccccc2C1=O)c1ccc(F)c(Cl)c1F. The monoisotopic (exact) mass is 337 g/mol. The molecule has 0 bridgehead atoms. The number of carbonyl (C=O) groups excluding carboxylic acids is 3. The van der Waals surface area contributed by atoms with E-state index >= 15 is 0 Å². The van der Waals surface area contributed by atoms with E-state index < -0.39 is 40.0 Å². The Bertz CT molecular complexity index is 834. The second-order valence-electron chi connectivity index (χ2n) is 4.55. The summed E-state index contributed by atoms with van der Waals surface area (Å²) in [4.78, 5) is 40.6. The first-order valence-corrected chi connectivity index (χ1v) is 6.63. The van der Waals surface area contributed by atoms with Crippen molar-refractivity contribution in [2.75, 3.05) is 0 Å². The van der Waals surface area contributed by atoms with Crippen molar-refractivity contribution < 1.29 is 28.0 Å². The Labute approximate surface area is 133 Å². The van der Waals surface area contributed by atoms with Crippen molar-refractivity contribution in [2.24, 2.45) is 0 Å². The highest BCUT2D eigenvalue weighted by Crippen LogP contribution is 2.26. The normalized spacial score (nSPS) is 13.3. The van der Waals surface area contributed by atoms with Gasteiger partial charge in [-0.1, -0.05) is 28.8 Å². The maximum absolute atomic E-state index is 13.8. The average Bonchev–Trinajstić information content (AvgIpc) is 2.78. The van der Waals surface area contributed by atoms with Crippen LogP contribution in [-0.4, -0.2) is 22.8 Å². The number of hydrogen-bond donors (Lipinski definition) is 0. The van der Waals surface area contributed by atoms with Crippen molar-refractivity contribution in [3.8, 4) is 0 Å². The Morgan fingerprint density at radius 2 is 1.57 bits per heavy atom. The first-order chi connectivity index (χ1) is 10.9. The second kappa shape index (κ2) is 5.44. The third-order valence-electron chi connectivity index (χ3n) is 3.19. The summed E-state index contributed by atoms with van der Waals surface area (Å²) in [6, 6.07) is 7.42. The number of imide groups is 1. The number of benzene rings is 2. The smallest absolute Gasteiger partial charge is 0.324 e. The van der Waals surface area contributed by atoms with Gasteiger partial charge in [-0.25, -0.2) is 13.6 Å². The molecule has 5 nitrogen and oxygen atoms in total. The molecule has 1 heterocycles. The molecule has 0 spiro atoms. The van der Waals surface area contributed by atoms with Gasteiger partial charge in [0.2, 0.25) is 0 Å². The molecule has 0 radical (unpaired) electrons. The molecule has 23 heavy (non-hydrogen) atoms. The first kappa shape index (κ1) is 15.1. The summed E-state index contributed by atoms with van der Waals surface area (Å²) >= 11 is 5.37. The lowest BCUT2D eigenvalue weighted by Crippen LogP contribution is -2.33. The van der Waals surface area contributed by atoms with E-state index in [0.29, 0.717) is 0 Å². The third-order valence-corrected chi connectivity index (χ3v) is 3.53. The fraction of sp³-hybridized carbons (Fsp3) is 0. The van der Waals surface area contributed by atoms with Crippen LogP contribution >= 0.6 is 11.6 Å². The summed E-state index contributed by atoms with van der Waals surface area (Å²) in [6.45, 7) is 0. The van der Waals surface area contributed by atoms with E-state index in [9.17, 15) is 23.2 Å². The van der Waals surface area contributed by atoms with Crippen LogP contribution in [0.5, 0.6) is 0 Å². The fourth-order valence-electron chi connectivity index (χ4n) is 2.07.